The lowest BCUT2D eigenvalue weighted by molar-refractivity contribution is -0.151. The second kappa shape index (κ2) is 5.76. The molecule has 0 N–H and O–H groups in total. The van der Waals surface area contributed by atoms with Gasteiger partial charge in [-0.2, -0.15) is 0 Å². The monoisotopic (exact) mass is 289 g/mol. The largest absolute Gasteiger partial charge is 0.461 e. The molecule has 5 heteroatoms. The second-order valence-corrected chi connectivity index (χ2v) is 5.79. The number of hydrogen-bond acceptors (Lipinski definition) is 4. The number of benzene rings is 1. The number of para-hydroxylation sites is 2. The molecule has 0 amide bonds. The van der Waals surface area contributed by atoms with Crippen molar-refractivity contribution >= 4 is 17.1 Å². The van der Waals surface area contributed by atoms with Crippen LogP contribution >= 0.6 is 0 Å². The molecule has 1 fully saturated rings. The average molecular weight is 289 g/mol. The van der Waals surface area contributed by atoms with E-state index in [-0.39, 0.29) is 18.6 Å². The summed E-state index contributed by atoms with van der Waals surface area (Å²) < 4.78 is 11.9. The zero-order valence-corrected chi connectivity index (χ0v) is 12.1. The van der Waals surface area contributed by atoms with Crippen molar-refractivity contribution in [2.45, 2.75) is 45.3 Å². The molecule has 0 radical (unpaired) electrons. The number of fused-ring (bicyclic) bond motifs is 1. The number of aromatic nitrogens is 1. The number of hydrogen-bond donors (Lipinski definition) is 0. The third kappa shape index (κ3) is 3.01. The van der Waals surface area contributed by atoms with Crippen LogP contribution in [-0.4, -0.2) is 16.6 Å². The molecule has 21 heavy (non-hydrogen) atoms. The third-order valence-electron chi connectivity index (χ3n) is 4.12. The van der Waals surface area contributed by atoms with E-state index >= 15 is 0 Å². The number of oxazole rings is 1. The highest BCUT2D eigenvalue weighted by molar-refractivity contribution is 5.76. The molecule has 0 saturated heterocycles. The number of carbonyl (C=O) groups is 1. The first-order valence-electron chi connectivity index (χ1n) is 7.41. The van der Waals surface area contributed by atoms with Gasteiger partial charge in [0.05, 0.1) is 5.52 Å². The van der Waals surface area contributed by atoms with Gasteiger partial charge in [-0.05, 0) is 43.7 Å². The zero-order valence-electron chi connectivity index (χ0n) is 12.1. The van der Waals surface area contributed by atoms with Crippen LogP contribution in [0.4, 0.5) is 0 Å². The molecule has 2 aromatic rings. The van der Waals surface area contributed by atoms with Crippen LogP contribution in [-0.2, 0) is 16.1 Å². The van der Waals surface area contributed by atoms with Gasteiger partial charge in [0.15, 0.2) is 5.58 Å². The van der Waals surface area contributed by atoms with Gasteiger partial charge in [0.2, 0.25) is 0 Å². The Morgan fingerprint density at radius 2 is 2.00 bits per heavy atom. The molecule has 0 atom stereocenters. The van der Waals surface area contributed by atoms with Crippen molar-refractivity contribution in [1.29, 1.82) is 0 Å². The lowest BCUT2D eigenvalue weighted by Gasteiger charge is -2.25. The van der Waals surface area contributed by atoms with Crippen LogP contribution in [0, 0.1) is 5.92 Å². The molecule has 112 valence electrons. The minimum absolute atomic E-state index is 0.0115. The number of rotatable bonds is 3. The predicted octanol–water partition coefficient (Wildman–Crippen LogP) is 2.72. The summed E-state index contributed by atoms with van der Waals surface area (Å²) in [5, 5.41) is 0. The smallest absolute Gasteiger partial charge is 0.420 e. The van der Waals surface area contributed by atoms with Crippen LogP contribution < -0.4 is 5.76 Å². The van der Waals surface area contributed by atoms with Gasteiger partial charge >= 0.3 is 11.7 Å². The van der Waals surface area contributed by atoms with Gasteiger partial charge in [0, 0.05) is 0 Å². The molecule has 0 spiro atoms. The normalized spacial score (nSPS) is 22.3. The van der Waals surface area contributed by atoms with E-state index in [2.05, 4.69) is 6.92 Å². The van der Waals surface area contributed by atoms with Gasteiger partial charge in [-0.15, -0.1) is 0 Å². The highest BCUT2D eigenvalue weighted by atomic mass is 16.5. The van der Waals surface area contributed by atoms with E-state index in [0.29, 0.717) is 17.0 Å². The quantitative estimate of drug-likeness (QED) is 0.815. The zero-order chi connectivity index (χ0) is 14.8. The lowest BCUT2D eigenvalue weighted by Crippen LogP contribution is -2.28. The summed E-state index contributed by atoms with van der Waals surface area (Å²) in [6.07, 6.45) is 3.99. The number of nitrogens with zero attached hydrogens (tertiary/aromatic N) is 1. The Bertz CT molecular complexity index is 692. The van der Waals surface area contributed by atoms with Gasteiger partial charge in [0.25, 0.3) is 0 Å². The standard InChI is InChI=1S/C16H19NO4/c1-11-6-8-12(9-7-11)20-15(18)10-17-13-4-2-3-5-14(13)21-16(17)19/h2-5,11-12H,6-10H2,1H3. The molecular weight excluding hydrogens is 270 g/mol. The third-order valence-corrected chi connectivity index (χ3v) is 4.12. The number of carbonyl (C=O) groups excluding carboxylic acids is 1. The van der Waals surface area contributed by atoms with Gasteiger partial charge in [-0.3, -0.25) is 9.36 Å². The maximum Gasteiger partial charge on any atom is 0.420 e. The Kier molecular flexibility index (Phi) is 3.82. The molecule has 5 nitrogen and oxygen atoms in total. The average Bonchev–Trinajstić information content (AvgIpc) is 2.78. The van der Waals surface area contributed by atoms with Gasteiger partial charge in [-0.1, -0.05) is 19.1 Å². The van der Waals surface area contributed by atoms with E-state index in [0.717, 1.165) is 25.7 Å². The highest BCUT2D eigenvalue weighted by Crippen LogP contribution is 2.25. The molecule has 0 aliphatic heterocycles. The molecule has 1 heterocycles. The molecule has 1 aromatic heterocycles. The molecule has 1 aliphatic carbocycles. The summed E-state index contributed by atoms with van der Waals surface area (Å²) in [6, 6.07) is 7.07. The fourth-order valence-electron chi connectivity index (χ4n) is 2.86. The molecular formula is C16H19NO4. The number of esters is 1. The van der Waals surface area contributed by atoms with Crippen LogP contribution in [0.3, 0.4) is 0 Å². The Morgan fingerprint density at radius 1 is 1.29 bits per heavy atom. The highest BCUT2D eigenvalue weighted by Gasteiger charge is 2.22. The molecule has 1 aliphatic rings. The van der Waals surface area contributed by atoms with Crippen molar-refractivity contribution in [3.63, 3.8) is 0 Å². The van der Waals surface area contributed by atoms with E-state index in [1.54, 1.807) is 18.2 Å². The van der Waals surface area contributed by atoms with Crippen LogP contribution in [0.2, 0.25) is 0 Å². The minimum atomic E-state index is -0.523. The summed E-state index contributed by atoms with van der Waals surface area (Å²) in [5.74, 6) is -0.186. The van der Waals surface area contributed by atoms with E-state index in [1.165, 1.54) is 4.57 Å². The Labute approximate surface area is 122 Å². The van der Waals surface area contributed by atoms with Gasteiger partial charge < -0.3 is 9.15 Å². The van der Waals surface area contributed by atoms with Crippen molar-refractivity contribution in [3.05, 3.63) is 34.8 Å². The topological polar surface area (TPSA) is 61.4 Å². The minimum Gasteiger partial charge on any atom is -0.461 e. The summed E-state index contributed by atoms with van der Waals surface area (Å²) in [4.78, 5) is 23.8. The van der Waals surface area contributed by atoms with E-state index in [9.17, 15) is 9.59 Å². The van der Waals surface area contributed by atoms with E-state index in [4.69, 9.17) is 9.15 Å². The molecule has 3 rings (SSSR count). The fourth-order valence-corrected chi connectivity index (χ4v) is 2.86. The molecule has 0 unspecified atom stereocenters. The van der Waals surface area contributed by atoms with Gasteiger partial charge in [0.1, 0.15) is 12.6 Å². The summed E-state index contributed by atoms with van der Waals surface area (Å²) in [5.41, 5.74) is 1.11. The van der Waals surface area contributed by atoms with Crippen molar-refractivity contribution in [2.24, 2.45) is 5.92 Å². The fraction of sp³-hybridized carbons (Fsp3) is 0.500. The molecule has 1 aromatic carbocycles. The van der Waals surface area contributed by atoms with Crippen LogP contribution in [0.5, 0.6) is 0 Å². The van der Waals surface area contributed by atoms with E-state index < -0.39 is 5.76 Å². The Balaban J connectivity index is 1.69. The molecule has 1 saturated carbocycles. The first-order chi connectivity index (χ1) is 10.1. The Hall–Kier alpha value is -2.04. The van der Waals surface area contributed by atoms with Crippen molar-refractivity contribution in [2.75, 3.05) is 0 Å². The predicted molar refractivity (Wildman–Crippen MR) is 78.0 cm³/mol. The van der Waals surface area contributed by atoms with Crippen molar-refractivity contribution < 1.29 is 13.9 Å². The van der Waals surface area contributed by atoms with E-state index in [1.807, 2.05) is 6.07 Å². The number of ether oxygens (including phenoxy) is 1. The first-order valence-corrected chi connectivity index (χ1v) is 7.41. The van der Waals surface area contributed by atoms with Crippen LogP contribution in [0.25, 0.3) is 11.1 Å². The van der Waals surface area contributed by atoms with Crippen LogP contribution in [0.15, 0.2) is 33.5 Å². The SMILES string of the molecule is CC1CCC(OC(=O)Cn2c(=O)oc3ccccc32)CC1. The summed E-state index contributed by atoms with van der Waals surface area (Å²) >= 11 is 0. The van der Waals surface area contributed by atoms with Gasteiger partial charge in [-0.25, -0.2) is 4.79 Å². The Morgan fingerprint density at radius 3 is 2.76 bits per heavy atom. The summed E-state index contributed by atoms with van der Waals surface area (Å²) in [7, 11) is 0. The maximum atomic E-state index is 12.0. The second-order valence-electron chi connectivity index (χ2n) is 5.79. The first kappa shape index (κ1) is 13.9. The van der Waals surface area contributed by atoms with Crippen molar-refractivity contribution in [1.82, 2.24) is 4.57 Å². The summed E-state index contributed by atoms with van der Waals surface area (Å²) in [6.45, 7) is 2.12. The lowest BCUT2D eigenvalue weighted by atomic mass is 9.89. The molecule has 0 bridgehead atoms. The van der Waals surface area contributed by atoms with Crippen LogP contribution in [0.1, 0.15) is 32.6 Å². The maximum absolute atomic E-state index is 12.0. The van der Waals surface area contributed by atoms with Crippen molar-refractivity contribution in [3.8, 4) is 0 Å².